The Morgan fingerprint density at radius 2 is 1.59 bits per heavy atom. The second-order valence-corrected chi connectivity index (χ2v) is 6.85. The normalized spacial score (nSPS) is 15.9. The molecular formula is C23H18O6. The molecule has 6 heteroatoms. The maximum Gasteiger partial charge on any atom is 0.312 e. The van der Waals surface area contributed by atoms with E-state index in [9.17, 15) is 25.2 Å². The van der Waals surface area contributed by atoms with E-state index in [0.29, 0.717) is 16.7 Å². The highest BCUT2D eigenvalue weighted by molar-refractivity contribution is 5.82. The molecule has 1 heterocycles. The summed E-state index contributed by atoms with van der Waals surface area (Å²) in [6.07, 6.45) is 3.66. The highest BCUT2D eigenvalue weighted by Crippen LogP contribution is 2.44. The molecule has 29 heavy (non-hydrogen) atoms. The number of hydrogen-bond donors (Lipinski definition) is 4. The number of ether oxygens (including phenoxy) is 1. The number of rotatable bonds is 3. The van der Waals surface area contributed by atoms with Gasteiger partial charge < -0.3 is 25.2 Å². The largest absolute Gasteiger partial charge is 0.508 e. The average Bonchev–Trinajstić information content (AvgIpc) is 2.68. The van der Waals surface area contributed by atoms with Gasteiger partial charge in [-0.05, 0) is 47.0 Å². The molecule has 3 aromatic carbocycles. The SMILES string of the molecule is O=C1C[C@H](c2ccc(O)c(O)c2)c2c(C=Cc3ccc(O)cc3)cc(O)cc2O1. The van der Waals surface area contributed by atoms with Gasteiger partial charge in [-0.3, -0.25) is 4.79 Å². The van der Waals surface area contributed by atoms with Crippen molar-refractivity contribution in [3.63, 3.8) is 0 Å². The molecule has 6 nitrogen and oxygen atoms in total. The third kappa shape index (κ3) is 3.73. The second kappa shape index (κ2) is 7.24. The Bertz CT molecular complexity index is 1110. The van der Waals surface area contributed by atoms with Crippen molar-refractivity contribution < 1.29 is 30.0 Å². The molecule has 0 saturated carbocycles. The first kappa shape index (κ1) is 18.4. The molecule has 1 aliphatic heterocycles. The molecule has 0 fully saturated rings. The van der Waals surface area contributed by atoms with Gasteiger partial charge in [0.15, 0.2) is 11.5 Å². The zero-order valence-corrected chi connectivity index (χ0v) is 15.2. The lowest BCUT2D eigenvalue weighted by atomic mass is 9.83. The van der Waals surface area contributed by atoms with E-state index < -0.39 is 11.9 Å². The lowest BCUT2D eigenvalue weighted by Gasteiger charge is -2.27. The average molecular weight is 390 g/mol. The highest BCUT2D eigenvalue weighted by atomic mass is 16.5. The first-order chi connectivity index (χ1) is 13.9. The summed E-state index contributed by atoms with van der Waals surface area (Å²) in [5, 5.41) is 39.0. The molecule has 0 amide bonds. The van der Waals surface area contributed by atoms with Gasteiger partial charge in [-0.25, -0.2) is 0 Å². The van der Waals surface area contributed by atoms with Gasteiger partial charge in [0.2, 0.25) is 0 Å². The quantitative estimate of drug-likeness (QED) is 0.232. The van der Waals surface area contributed by atoms with Crippen LogP contribution in [0.4, 0.5) is 0 Å². The monoisotopic (exact) mass is 390 g/mol. The van der Waals surface area contributed by atoms with Crippen molar-refractivity contribution in [1.29, 1.82) is 0 Å². The fraction of sp³-hybridized carbons (Fsp3) is 0.0870. The molecule has 1 aliphatic rings. The minimum Gasteiger partial charge on any atom is -0.508 e. The molecule has 0 unspecified atom stereocenters. The Labute approximate surface area is 166 Å². The van der Waals surface area contributed by atoms with E-state index in [1.54, 1.807) is 42.5 Å². The van der Waals surface area contributed by atoms with E-state index in [4.69, 9.17) is 4.74 Å². The van der Waals surface area contributed by atoms with Gasteiger partial charge in [0, 0.05) is 17.5 Å². The number of fused-ring (bicyclic) bond motifs is 1. The Kier molecular flexibility index (Phi) is 4.60. The molecule has 0 aliphatic carbocycles. The first-order valence-corrected chi connectivity index (χ1v) is 8.97. The molecule has 0 saturated heterocycles. The smallest absolute Gasteiger partial charge is 0.312 e. The summed E-state index contributed by atoms with van der Waals surface area (Å²) in [6.45, 7) is 0. The summed E-state index contributed by atoms with van der Waals surface area (Å²) < 4.78 is 5.35. The van der Waals surface area contributed by atoms with Crippen LogP contribution in [-0.2, 0) is 4.79 Å². The summed E-state index contributed by atoms with van der Waals surface area (Å²) in [5.41, 5.74) is 2.83. The van der Waals surface area contributed by atoms with E-state index in [-0.39, 0.29) is 35.2 Å². The van der Waals surface area contributed by atoms with Crippen LogP contribution in [0.2, 0.25) is 0 Å². The van der Waals surface area contributed by atoms with Crippen LogP contribution >= 0.6 is 0 Å². The van der Waals surface area contributed by atoms with Crippen molar-refractivity contribution in [2.24, 2.45) is 0 Å². The number of hydrogen-bond acceptors (Lipinski definition) is 6. The fourth-order valence-corrected chi connectivity index (χ4v) is 3.47. The summed E-state index contributed by atoms with van der Waals surface area (Å²) in [6, 6.07) is 14.0. The van der Waals surface area contributed by atoms with Crippen molar-refractivity contribution in [2.45, 2.75) is 12.3 Å². The van der Waals surface area contributed by atoms with Gasteiger partial charge in [-0.15, -0.1) is 0 Å². The zero-order valence-electron chi connectivity index (χ0n) is 15.2. The maximum absolute atomic E-state index is 12.1. The van der Waals surface area contributed by atoms with Crippen LogP contribution in [0.1, 0.15) is 34.6 Å². The van der Waals surface area contributed by atoms with E-state index in [1.165, 1.54) is 18.2 Å². The van der Waals surface area contributed by atoms with Gasteiger partial charge in [0.05, 0.1) is 6.42 Å². The highest BCUT2D eigenvalue weighted by Gasteiger charge is 2.31. The van der Waals surface area contributed by atoms with Crippen molar-refractivity contribution >= 4 is 18.1 Å². The number of aromatic hydroxyl groups is 4. The second-order valence-electron chi connectivity index (χ2n) is 6.85. The first-order valence-electron chi connectivity index (χ1n) is 8.97. The number of phenolic OH excluding ortho intramolecular Hbond substituents is 4. The molecule has 3 aromatic rings. The Morgan fingerprint density at radius 3 is 2.31 bits per heavy atom. The lowest BCUT2D eigenvalue weighted by Crippen LogP contribution is -2.21. The van der Waals surface area contributed by atoms with Crippen LogP contribution < -0.4 is 4.74 Å². The lowest BCUT2D eigenvalue weighted by molar-refractivity contribution is -0.135. The third-order valence-electron chi connectivity index (χ3n) is 4.85. The van der Waals surface area contributed by atoms with Gasteiger partial charge in [0.1, 0.15) is 17.2 Å². The number of carbonyl (C=O) groups is 1. The van der Waals surface area contributed by atoms with Crippen molar-refractivity contribution in [1.82, 2.24) is 0 Å². The molecule has 4 rings (SSSR count). The Balaban J connectivity index is 1.82. The third-order valence-corrected chi connectivity index (χ3v) is 4.85. The predicted octanol–water partition coefficient (Wildman–Crippen LogP) is 4.12. The van der Waals surface area contributed by atoms with Crippen molar-refractivity contribution in [2.75, 3.05) is 0 Å². The van der Waals surface area contributed by atoms with Crippen LogP contribution in [0.3, 0.4) is 0 Å². The zero-order chi connectivity index (χ0) is 20.5. The van der Waals surface area contributed by atoms with E-state index in [0.717, 1.165) is 5.56 Å². The van der Waals surface area contributed by atoms with Crippen molar-refractivity contribution in [3.8, 4) is 28.7 Å². The molecule has 4 N–H and O–H groups in total. The van der Waals surface area contributed by atoms with E-state index >= 15 is 0 Å². The predicted molar refractivity (Wildman–Crippen MR) is 107 cm³/mol. The van der Waals surface area contributed by atoms with Crippen LogP contribution in [0.25, 0.3) is 12.2 Å². The van der Waals surface area contributed by atoms with Crippen LogP contribution in [-0.4, -0.2) is 26.4 Å². The molecule has 0 radical (unpaired) electrons. The van der Waals surface area contributed by atoms with Crippen LogP contribution in [0, 0.1) is 0 Å². The van der Waals surface area contributed by atoms with Gasteiger partial charge >= 0.3 is 5.97 Å². The molecular weight excluding hydrogens is 372 g/mol. The fourth-order valence-electron chi connectivity index (χ4n) is 3.47. The van der Waals surface area contributed by atoms with Crippen LogP contribution in [0.15, 0.2) is 54.6 Å². The molecule has 0 aromatic heterocycles. The van der Waals surface area contributed by atoms with Gasteiger partial charge in [-0.2, -0.15) is 0 Å². The summed E-state index contributed by atoms with van der Waals surface area (Å²) in [4.78, 5) is 12.1. The van der Waals surface area contributed by atoms with Crippen LogP contribution in [0.5, 0.6) is 28.7 Å². The number of esters is 1. The molecule has 0 spiro atoms. The Hall–Kier alpha value is -3.93. The summed E-state index contributed by atoms with van der Waals surface area (Å²) in [5.74, 6) is -1.02. The standard InChI is InChI=1S/C23H18O6/c24-16-6-2-13(3-7-16)1-4-15-9-17(25)11-21-23(15)18(12-22(28)29-21)14-5-8-19(26)20(27)10-14/h1-11,18,24-27H,12H2/t18-/m1/s1. The van der Waals surface area contributed by atoms with E-state index in [1.807, 2.05) is 6.08 Å². The molecule has 0 bridgehead atoms. The molecule has 146 valence electrons. The van der Waals surface area contributed by atoms with Gasteiger partial charge in [-0.1, -0.05) is 30.4 Å². The van der Waals surface area contributed by atoms with Gasteiger partial charge in [0.25, 0.3) is 0 Å². The summed E-state index contributed by atoms with van der Waals surface area (Å²) >= 11 is 0. The van der Waals surface area contributed by atoms with Crippen molar-refractivity contribution in [3.05, 3.63) is 76.9 Å². The minimum absolute atomic E-state index is 0.0453. The minimum atomic E-state index is -0.450. The number of phenols is 4. The summed E-state index contributed by atoms with van der Waals surface area (Å²) in [7, 11) is 0. The molecule has 1 atom stereocenters. The maximum atomic E-state index is 12.1. The van der Waals surface area contributed by atoms with E-state index in [2.05, 4.69) is 0 Å². The topological polar surface area (TPSA) is 107 Å². The Morgan fingerprint density at radius 1 is 0.828 bits per heavy atom. The number of carbonyl (C=O) groups excluding carboxylic acids is 1. The number of benzene rings is 3.